The summed E-state index contributed by atoms with van der Waals surface area (Å²) in [7, 11) is -0.000899. The minimum absolute atomic E-state index is 0.00123. The third-order valence-electron chi connectivity index (χ3n) is 4.20. The molecule has 1 atom stereocenters. The molecule has 0 fully saturated rings. The van der Waals surface area contributed by atoms with Crippen molar-refractivity contribution in [3.05, 3.63) is 53.3 Å². The van der Waals surface area contributed by atoms with Crippen LogP contribution in [0.5, 0.6) is 0 Å². The van der Waals surface area contributed by atoms with E-state index in [1.165, 1.54) is 0 Å². The minimum atomic E-state index is -3.43. The third kappa shape index (κ3) is 3.17. The number of nitrogens with zero attached hydrogens (tertiary/aromatic N) is 3. The van der Waals surface area contributed by atoms with Crippen molar-refractivity contribution in [2.24, 2.45) is 7.05 Å². The van der Waals surface area contributed by atoms with Crippen LogP contribution in [0, 0.1) is 0 Å². The number of aryl methyl sites for hydroxylation is 1. The Morgan fingerprint density at radius 3 is 2.74 bits per heavy atom. The van der Waals surface area contributed by atoms with Crippen LogP contribution in [0.4, 0.5) is 0 Å². The molecule has 2 aromatic rings. The number of ether oxygens (including phenoxy) is 1. The van der Waals surface area contributed by atoms with Crippen molar-refractivity contribution in [3.8, 4) is 0 Å². The molecule has 0 aliphatic carbocycles. The fourth-order valence-corrected chi connectivity index (χ4v) is 4.86. The summed E-state index contributed by atoms with van der Waals surface area (Å²) in [6.45, 7) is 0.780. The summed E-state index contributed by atoms with van der Waals surface area (Å²) in [4.78, 5) is 0. The van der Waals surface area contributed by atoms with Crippen LogP contribution in [0.1, 0.15) is 22.9 Å². The van der Waals surface area contributed by atoms with E-state index in [2.05, 4.69) is 5.10 Å². The van der Waals surface area contributed by atoms with Gasteiger partial charge in [-0.1, -0.05) is 30.3 Å². The van der Waals surface area contributed by atoms with Crippen molar-refractivity contribution < 1.29 is 13.2 Å². The van der Waals surface area contributed by atoms with E-state index in [0.717, 1.165) is 16.8 Å². The van der Waals surface area contributed by atoms with Crippen molar-refractivity contribution in [1.29, 1.82) is 0 Å². The molecule has 0 spiro atoms. The van der Waals surface area contributed by atoms with Gasteiger partial charge in [0.2, 0.25) is 10.0 Å². The van der Waals surface area contributed by atoms with E-state index in [4.69, 9.17) is 4.74 Å². The molecule has 3 rings (SSSR count). The fraction of sp³-hybridized carbons (Fsp3) is 0.438. The van der Waals surface area contributed by atoms with Gasteiger partial charge in [-0.25, -0.2) is 8.42 Å². The van der Waals surface area contributed by atoms with Gasteiger partial charge in [0.05, 0.1) is 30.3 Å². The lowest BCUT2D eigenvalue weighted by molar-refractivity contribution is 0.123. The van der Waals surface area contributed by atoms with Crippen LogP contribution in [0.15, 0.2) is 36.5 Å². The second-order valence-corrected chi connectivity index (χ2v) is 7.67. The first kappa shape index (κ1) is 16.2. The van der Waals surface area contributed by atoms with Crippen molar-refractivity contribution in [2.45, 2.75) is 18.2 Å². The second kappa shape index (κ2) is 6.43. The highest BCUT2D eigenvalue weighted by Crippen LogP contribution is 2.32. The van der Waals surface area contributed by atoms with Crippen molar-refractivity contribution in [3.63, 3.8) is 0 Å². The summed E-state index contributed by atoms with van der Waals surface area (Å²) in [5.41, 5.74) is 2.81. The van der Waals surface area contributed by atoms with E-state index in [9.17, 15) is 8.42 Å². The molecule has 7 heteroatoms. The largest absolute Gasteiger partial charge is 0.383 e. The van der Waals surface area contributed by atoms with Gasteiger partial charge in [0, 0.05) is 20.7 Å². The van der Waals surface area contributed by atoms with E-state index < -0.39 is 10.0 Å². The number of hydrogen-bond acceptors (Lipinski definition) is 4. The second-order valence-electron chi connectivity index (χ2n) is 5.75. The number of sulfonamides is 1. The van der Waals surface area contributed by atoms with Gasteiger partial charge in [0.25, 0.3) is 0 Å². The van der Waals surface area contributed by atoms with Gasteiger partial charge in [-0.05, 0) is 17.5 Å². The third-order valence-corrected chi connectivity index (χ3v) is 6.05. The number of aromatic nitrogens is 2. The van der Waals surface area contributed by atoms with E-state index in [-0.39, 0.29) is 11.8 Å². The molecular weight excluding hydrogens is 314 g/mol. The van der Waals surface area contributed by atoms with Gasteiger partial charge in [-0.2, -0.15) is 9.40 Å². The maximum absolute atomic E-state index is 12.9. The lowest BCUT2D eigenvalue weighted by atomic mass is 10.0. The molecular formula is C16H21N3O3S. The summed E-state index contributed by atoms with van der Waals surface area (Å²) >= 11 is 0. The zero-order valence-corrected chi connectivity index (χ0v) is 14.2. The lowest BCUT2D eigenvalue weighted by Crippen LogP contribution is -2.43. The highest BCUT2D eigenvalue weighted by atomic mass is 32.2. The topological polar surface area (TPSA) is 64.4 Å². The molecule has 1 aromatic heterocycles. The number of hydrogen-bond donors (Lipinski definition) is 0. The Kier molecular flexibility index (Phi) is 4.52. The molecule has 0 saturated heterocycles. The van der Waals surface area contributed by atoms with Crippen LogP contribution in [0.25, 0.3) is 0 Å². The highest BCUT2D eigenvalue weighted by molar-refractivity contribution is 7.88. The SMILES string of the molecule is COC[C@@H]1c2c(cnn2C)CCN1S(=O)(=O)Cc1ccccc1. The monoisotopic (exact) mass is 335 g/mol. The van der Waals surface area contributed by atoms with Gasteiger partial charge < -0.3 is 4.74 Å². The Bertz CT molecular complexity index is 771. The molecule has 23 heavy (non-hydrogen) atoms. The average Bonchev–Trinajstić information content (AvgIpc) is 2.90. The minimum Gasteiger partial charge on any atom is -0.383 e. The molecule has 2 heterocycles. The number of fused-ring (bicyclic) bond motifs is 1. The van der Waals surface area contributed by atoms with Crippen LogP contribution in [-0.2, 0) is 34.0 Å². The van der Waals surface area contributed by atoms with E-state index in [0.29, 0.717) is 19.6 Å². The normalized spacial score (nSPS) is 18.8. The van der Waals surface area contributed by atoms with Gasteiger partial charge in [0.15, 0.2) is 0 Å². The zero-order valence-electron chi connectivity index (χ0n) is 13.3. The van der Waals surface area contributed by atoms with E-state index >= 15 is 0 Å². The summed E-state index contributed by atoms with van der Waals surface area (Å²) in [6, 6.07) is 8.93. The number of benzene rings is 1. The van der Waals surface area contributed by atoms with Crippen LogP contribution >= 0.6 is 0 Å². The molecule has 0 saturated carbocycles. The smallest absolute Gasteiger partial charge is 0.218 e. The Balaban J connectivity index is 1.93. The zero-order chi connectivity index (χ0) is 16.4. The quantitative estimate of drug-likeness (QED) is 0.830. The predicted molar refractivity (Wildman–Crippen MR) is 87.3 cm³/mol. The molecule has 0 amide bonds. The Hall–Kier alpha value is -1.70. The molecule has 6 nitrogen and oxygen atoms in total. The van der Waals surface area contributed by atoms with Gasteiger partial charge in [-0.15, -0.1) is 0 Å². The number of methoxy groups -OCH3 is 1. The molecule has 1 aromatic carbocycles. The first-order valence-corrected chi connectivity index (χ1v) is 9.17. The summed E-state index contributed by atoms with van der Waals surface area (Å²) < 4.78 is 34.5. The lowest BCUT2D eigenvalue weighted by Gasteiger charge is -2.34. The molecule has 0 radical (unpaired) electrons. The fourth-order valence-electron chi connectivity index (χ4n) is 3.16. The van der Waals surface area contributed by atoms with Gasteiger partial charge in [0.1, 0.15) is 0 Å². The van der Waals surface area contributed by atoms with Crippen LogP contribution in [0.2, 0.25) is 0 Å². The summed E-state index contributed by atoms with van der Waals surface area (Å²) in [5, 5.41) is 4.27. The molecule has 0 N–H and O–H groups in total. The molecule has 0 bridgehead atoms. The van der Waals surface area contributed by atoms with Crippen LogP contribution < -0.4 is 0 Å². The Labute approximate surface area is 136 Å². The highest BCUT2D eigenvalue weighted by Gasteiger charge is 2.37. The van der Waals surface area contributed by atoms with Gasteiger partial charge in [-0.3, -0.25) is 4.68 Å². The Morgan fingerprint density at radius 2 is 2.04 bits per heavy atom. The van der Waals surface area contributed by atoms with Gasteiger partial charge >= 0.3 is 0 Å². The molecule has 1 aliphatic rings. The summed E-state index contributed by atoms with van der Waals surface area (Å²) in [5.74, 6) is 0.00123. The van der Waals surface area contributed by atoms with E-state index in [1.54, 1.807) is 16.1 Å². The molecule has 0 unspecified atom stereocenters. The van der Waals surface area contributed by atoms with E-state index in [1.807, 2.05) is 43.6 Å². The van der Waals surface area contributed by atoms with Crippen molar-refractivity contribution >= 4 is 10.0 Å². The van der Waals surface area contributed by atoms with Crippen molar-refractivity contribution in [2.75, 3.05) is 20.3 Å². The van der Waals surface area contributed by atoms with Crippen LogP contribution in [0.3, 0.4) is 0 Å². The maximum Gasteiger partial charge on any atom is 0.218 e. The molecule has 124 valence electrons. The first-order chi connectivity index (χ1) is 11.0. The standard InChI is InChI=1S/C16H21N3O3S/c1-18-16-14(10-17-18)8-9-19(15(16)11-22-2)23(20,21)12-13-6-4-3-5-7-13/h3-7,10,15H,8-9,11-12H2,1-2H3/t15-/m1/s1. The van der Waals surface area contributed by atoms with Crippen LogP contribution in [-0.4, -0.2) is 42.8 Å². The predicted octanol–water partition coefficient (Wildman–Crippen LogP) is 1.50. The first-order valence-electron chi connectivity index (χ1n) is 7.56. The Morgan fingerprint density at radius 1 is 1.30 bits per heavy atom. The maximum atomic E-state index is 12.9. The summed E-state index contributed by atoms with van der Waals surface area (Å²) in [6.07, 6.45) is 2.50. The number of rotatable bonds is 5. The average molecular weight is 335 g/mol. The molecule has 1 aliphatic heterocycles. The van der Waals surface area contributed by atoms with Crippen molar-refractivity contribution in [1.82, 2.24) is 14.1 Å².